The maximum atomic E-state index is 13.0. The van der Waals surface area contributed by atoms with Gasteiger partial charge in [-0.25, -0.2) is 4.39 Å². The number of carbonyl (C=O) groups excluding carboxylic acids is 3. The average Bonchev–Trinajstić information content (AvgIpc) is 3.03. The molecule has 1 amide bonds. The van der Waals surface area contributed by atoms with Crippen molar-refractivity contribution in [1.29, 1.82) is 0 Å². The van der Waals surface area contributed by atoms with Gasteiger partial charge in [-0.3, -0.25) is 14.4 Å². The molecule has 0 spiro atoms. The Balaban J connectivity index is 2.20. The Labute approximate surface area is 142 Å². The molecule has 0 atom stereocenters. The molecule has 24 heavy (non-hydrogen) atoms. The first kappa shape index (κ1) is 17.8. The number of amides is 1. The van der Waals surface area contributed by atoms with Crippen molar-refractivity contribution in [3.8, 4) is 0 Å². The van der Waals surface area contributed by atoms with Crippen LogP contribution >= 0.6 is 11.3 Å². The zero-order valence-electron chi connectivity index (χ0n) is 13.2. The zero-order valence-corrected chi connectivity index (χ0v) is 14.1. The predicted octanol–water partition coefficient (Wildman–Crippen LogP) is 2.75. The summed E-state index contributed by atoms with van der Waals surface area (Å²) < 4.78 is 17.8. The molecule has 126 valence electrons. The van der Waals surface area contributed by atoms with Crippen LogP contribution in [0.4, 0.5) is 4.39 Å². The van der Waals surface area contributed by atoms with E-state index >= 15 is 0 Å². The first-order valence-electron chi connectivity index (χ1n) is 7.23. The fraction of sp³-hybridized carbons (Fsp3) is 0.235. The van der Waals surface area contributed by atoms with Crippen molar-refractivity contribution in [3.05, 3.63) is 57.5 Å². The third-order valence-electron chi connectivity index (χ3n) is 3.23. The van der Waals surface area contributed by atoms with Crippen LogP contribution < -0.4 is 0 Å². The van der Waals surface area contributed by atoms with E-state index in [-0.39, 0.29) is 34.9 Å². The predicted molar refractivity (Wildman–Crippen MR) is 87.7 cm³/mol. The molecule has 1 heterocycles. The van der Waals surface area contributed by atoms with Crippen molar-refractivity contribution >= 4 is 29.0 Å². The van der Waals surface area contributed by atoms with Crippen LogP contribution in [0.15, 0.2) is 35.7 Å². The number of likely N-dealkylation sites (N-methyl/N-ethyl adjacent to an activating group) is 1. The van der Waals surface area contributed by atoms with E-state index in [2.05, 4.69) is 0 Å². The van der Waals surface area contributed by atoms with Crippen molar-refractivity contribution in [2.75, 3.05) is 20.2 Å². The number of carbonyl (C=O) groups is 3. The third-order valence-corrected chi connectivity index (χ3v) is 4.13. The average molecular weight is 349 g/mol. The summed E-state index contributed by atoms with van der Waals surface area (Å²) in [5.41, 5.74) is 0.518. The Morgan fingerprint density at radius 3 is 2.46 bits per heavy atom. The molecule has 0 fully saturated rings. The smallest absolute Gasteiger partial charge is 0.325 e. The molecule has 0 unspecified atom stereocenters. The molecule has 0 bridgehead atoms. The second-order valence-corrected chi connectivity index (χ2v) is 5.88. The van der Waals surface area contributed by atoms with E-state index < -0.39 is 17.7 Å². The number of ketones is 1. The van der Waals surface area contributed by atoms with Gasteiger partial charge in [0.15, 0.2) is 5.78 Å². The highest BCUT2D eigenvalue weighted by Gasteiger charge is 2.23. The molecule has 0 saturated heterocycles. The maximum Gasteiger partial charge on any atom is 0.325 e. The van der Waals surface area contributed by atoms with Gasteiger partial charge < -0.3 is 9.64 Å². The third kappa shape index (κ3) is 4.05. The number of rotatable bonds is 6. The summed E-state index contributed by atoms with van der Waals surface area (Å²) in [6, 6.07) is 6.65. The molecule has 0 aliphatic heterocycles. The Hall–Kier alpha value is -2.54. The number of halogens is 1. The minimum Gasteiger partial charge on any atom is -0.465 e. The summed E-state index contributed by atoms with van der Waals surface area (Å²) in [6.45, 7) is 1.71. The van der Waals surface area contributed by atoms with Crippen LogP contribution in [0.5, 0.6) is 0 Å². The highest BCUT2D eigenvalue weighted by Crippen LogP contribution is 2.22. The van der Waals surface area contributed by atoms with Gasteiger partial charge in [0.2, 0.25) is 0 Å². The Kier molecular flexibility index (Phi) is 5.81. The van der Waals surface area contributed by atoms with E-state index in [1.54, 1.807) is 18.4 Å². The van der Waals surface area contributed by atoms with E-state index in [1.165, 1.54) is 36.2 Å². The van der Waals surface area contributed by atoms with Gasteiger partial charge in [0.25, 0.3) is 5.91 Å². The first-order valence-corrected chi connectivity index (χ1v) is 8.10. The lowest BCUT2D eigenvalue weighted by Crippen LogP contribution is -2.33. The molecular weight excluding hydrogens is 333 g/mol. The summed E-state index contributed by atoms with van der Waals surface area (Å²) in [5, 5.41) is 1.63. The van der Waals surface area contributed by atoms with E-state index in [1.807, 2.05) is 0 Å². The molecule has 7 heteroatoms. The lowest BCUT2D eigenvalue weighted by Gasteiger charge is -2.16. The Bertz CT molecular complexity index is 754. The van der Waals surface area contributed by atoms with Crippen molar-refractivity contribution in [1.82, 2.24) is 4.90 Å². The quantitative estimate of drug-likeness (QED) is 0.594. The van der Waals surface area contributed by atoms with Crippen LogP contribution in [0.1, 0.15) is 32.5 Å². The van der Waals surface area contributed by atoms with E-state index in [0.717, 1.165) is 11.3 Å². The monoisotopic (exact) mass is 349 g/mol. The summed E-state index contributed by atoms with van der Waals surface area (Å²) >= 11 is 1.11. The number of esters is 1. The normalized spacial score (nSPS) is 10.3. The van der Waals surface area contributed by atoms with Crippen LogP contribution in [0.25, 0.3) is 0 Å². The maximum absolute atomic E-state index is 13.0. The summed E-state index contributed by atoms with van der Waals surface area (Å²) in [4.78, 5) is 37.9. The van der Waals surface area contributed by atoms with Gasteiger partial charge in [0, 0.05) is 18.2 Å². The van der Waals surface area contributed by atoms with Gasteiger partial charge >= 0.3 is 5.97 Å². The Morgan fingerprint density at radius 1 is 1.17 bits per heavy atom. The minimum absolute atomic E-state index is 0.200. The number of ether oxygens (including phenoxy) is 1. The molecule has 5 nitrogen and oxygen atoms in total. The Morgan fingerprint density at radius 2 is 1.83 bits per heavy atom. The molecule has 0 N–H and O–H groups in total. The zero-order chi connectivity index (χ0) is 17.7. The van der Waals surface area contributed by atoms with Gasteiger partial charge in [-0.2, -0.15) is 0 Å². The molecule has 0 saturated carbocycles. The molecule has 1 aromatic heterocycles. The lowest BCUT2D eigenvalue weighted by molar-refractivity contribution is -0.143. The van der Waals surface area contributed by atoms with Crippen molar-refractivity contribution in [2.45, 2.75) is 6.92 Å². The van der Waals surface area contributed by atoms with Crippen LogP contribution in [-0.2, 0) is 9.53 Å². The van der Waals surface area contributed by atoms with Crippen LogP contribution in [-0.4, -0.2) is 42.8 Å². The van der Waals surface area contributed by atoms with E-state index in [9.17, 15) is 18.8 Å². The number of nitrogens with zero attached hydrogens (tertiary/aromatic N) is 1. The second kappa shape index (κ2) is 7.83. The number of hydrogen-bond acceptors (Lipinski definition) is 5. The number of benzene rings is 1. The SMILES string of the molecule is CCOC(=O)CN(C)C(=O)c1sccc1C(=O)c1ccc(F)cc1. The fourth-order valence-corrected chi connectivity index (χ4v) is 2.94. The fourth-order valence-electron chi connectivity index (χ4n) is 2.06. The summed E-state index contributed by atoms with van der Waals surface area (Å²) in [6.07, 6.45) is 0. The van der Waals surface area contributed by atoms with Crippen molar-refractivity contribution in [2.24, 2.45) is 0 Å². The van der Waals surface area contributed by atoms with Crippen LogP contribution in [0.3, 0.4) is 0 Å². The van der Waals surface area contributed by atoms with Gasteiger partial charge in [-0.05, 0) is 42.6 Å². The van der Waals surface area contributed by atoms with Gasteiger partial charge in [0.1, 0.15) is 17.2 Å². The van der Waals surface area contributed by atoms with Crippen molar-refractivity contribution < 1.29 is 23.5 Å². The summed E-state index contributed by atoms with van der Waals surface area (Å²) in [5.74, 6) is -1.77. The highest BCUT2D eigenvalue weighted by molar-refractivity contribution is 7.12. The van der Waals surface area contributed by atoms with E-state index in [4.69, 9.17) is 4.74 Å². The lowest BCUT2D eigenvalue weighted by atomic mass is 10.0. The largest absolute Gasteiger partial charge is 0.465 e. The van der Waals surface area contributed by atoms with E-state index in [0.29, 0.717) is 0 Å². The standard InChI is InChI=1S/C17H16FNO4S/c1-3-23-14(20)10-19(2)17(22)16-13(8-9-24-16)15(21)11-4-6-12(18)7-5-11/h4-9H,3,10H2,1-2H3. The molecule has 0 aliphatic rings. The van der Waals surface area contributed by atoms with Gasteiger partial charge in [0.05, 0.1) is 6.61 Å². The molecule has 1 aromatic carbocycles. The van der Waals surface area contributed by atoms with Gasteiger partial charge in [-0.15, -0.1) is 11.3 Å². The number of thiophene rings is 1. The molecule has 0 aliphatic carbocycles. The van der Waals surface area contributed by atoms with Crippen LogP contribution in [0.2, 0.25) is 0 Å². The molecule has 0 radical (unpaired) electrons. The number of hydrogen-bond donors (Lipinski definition) is 0. The molecular formula is C17H16FNO4S. The molecule has 2 rings (SSSR count). The topological polar surface area (TPSA) is 63.7 Å². The highest BCUT2D eigenvalue weighted by atomic mass is 32.1. The first-order chi connectivity index (χ1) is 11.4. The van der Waals surface area contributed by atoms with Crippen LogP contribution in [0, 0.1) is 5.82 Å². The summed E-state index contributed by atoms with van der Waals surface area (Å²) in [7, 11) is 1.46. The van der Waals surface area contributed by atoms with Gasteiger partial charge in [-0.1, -0.05) is 0 Å². The van der Waals surface area contributed by atoms with Crippen molar-refractivity contribution in [3.63, 3.8) is 0 Å². The second-order valence-electron chi connectivity index (χ2n) is 4.97. The minimum atomic E-state index is -0.517. The molecule has 2 aromatic rings.